The maximum atomic E-state index is 13.1. The number of nitrogens with zero attached hydrogens (tertiary/aromatic N) is 2. The van der Waals surface area contributed by atoms with Crippen molar-refractivity contribution in [2.45, 2.75) is 38.4 Å². The molecule has 2 amide bonds. The van der Waals surface area contributed by atoms with Crippen molar-refractivity contribution in [1.82, 2.24) is 15.1 Å². The molecule has 1 saturated heterocycles. The third-order valence-corrected chi connectivity index (χ3v) is 5.35. The van der Waals surface area contributed by atoms with Crippen LogP contribution in [0.5, 0.6) is 0 Å². The summed E-state index contributed by atoms with van der Waals surface area (Å²) in [4.78, 5) is 28.9. The summed E-state index contributed by atoms with van der Waals surface area (Å²) < 4.78 is 18.4. The van der Waals surface area contributed by atoms with Gasteiger partial charge in [0.2, 0.25) is 11.8 Å². The second-order valence-electron chi connectivity index (χ2n) is 7.16. The Hall–Kier alpha value is -2.67. The van der Waals surface area contributed by atoms with Crippen LogP contribution in [0.3, 0.4) is 0 Å². The average Bonchev–Trinajstić information content (AvgIpc) is 3.37. The van der Waals surface area contributed by atoms with Gasteiger partial charge in [-0.15, -0.1) is 0 Å². The highest BCUT2D eigenvalue weighted by Gasteiger charge is 2.33. The largest absolute Gasteiger partial charge is 0.467 e. The van der Waals surface area contributed by atoms with Gasteiger partial charge in [0, 0.05) is 7.05 Å². The molecule has 1 N–H and O–H groups in total. The number of hydrogen-bond acceptors (Lipinski definition) is 4. The highest BCUT2D eigenvalue weighted by atomic mass is 19.1. The van der Waals surface area contributed by atoms with E-state index in [-0.39, 0.29) is 36.3 Å². The van der Waals surface area contributed by atoms with Gasteiger partial charge in [0.05, 0.1) is 31.4 Å². The molecule has 0 aliphatic carbocycles. The van der Waals surface area contributed by atoms with Crippen LogP contribution in [0.4, 0.5) is 4.39 Å². The van der Waals surface area contributed by atoms with Crippen LogP contribution >= 0.6 is 0 Å². The maximum Gasteiger partial charge on any atom is 0.237 e. The molecule has 2 aromatic rings. The Morgan fingerprint density at radius 1 is 1.32 bits per heavy atom. The number of likely N-dealkylation sites (N-methyl/N-ethyl adjacent to an activating group) is 1. The van der Waals surface area contributed by atoms with Crippen molar-refractivity contribution in [1.29, 1.82) is 0 Å². The molecule has 1 aromatic heterocycles. The summed E-state index contributed by atoms with van der Waals surface area (Å²) >= 11 is 0. The molecule has 0 saturated carbocycles. The first-order valence-corrected chi connectivity index (χ1v) is 9.51. The van der Waals surface area contributed by atoms with E-state index in [1.165, 1.54) is 12.1 Å². The molecule has 2 unspecified atom stereocenters. The third-order valence-electron chi connectivity index (χ3n) is 5.35. The Labute approximate surface area is 164 Å². The quantitative estimate of drug-likeness (QED) is 0.793. The second kappa shape index (κ2) is 9.01. The summed E-state index contributed by atoms with van der Waals surface area (Å²) in [5, 5.41) is 2.88. The van der Waals surface area contributed by atoms with Gasteiger partial charge in [-0.2, -0.15) is 0 Å². The number of hydrogen-bond donors (Lipinski definition) is 1. The van der Waals surface area contributed by atoms with Crippen LogP contribution in [0, 0.1) is 5.82 Å². The Balaban J connectivity index is 1.55. The van der Waals surface area contributed by atoms with Crippen LogP contribution in [0.1, 0.15) is 37.1 Å². The van der Waals surface area contributed by atoms with Crippen molar-refractivity contribution >= 4 is 11.8 Å². The molecule has 0 spiro atoms. The summed E-state index contributed by atoms with van der Waals surface area (Å²) in [6, 6.07) is 9.25. The molecule has 28 heavy (non-hydrogen) atoms. The fourth-order valence-corrected chi connectivity index (χ4v) is 3.48. The minimum absolute atomic E-state index is 0.0671. The molecule has 1 aliphatic rings. The predicted octanol–water partition coefficient (Wildman–Crippen LogP) is 2.72. The zero-order chi connectivity index (χ0) is 20.1. The molecule has 1 aromatic carbocycles. The van der Waals surface area contributed by atoms with Crippen molar-refractivity contribution < 1.29 is 18.4 Å². The third kappa shape index (κ3) is 4.78. The Kier molecular flexibility index (Phi) is 6.46. The number of amides is 2. The number of rotatable bonds is 7. The monoisotopic (exact) mass is 387 g/mol. The molecule has 150 valence electrons. The number of benzene rings is 1. The molecule has 0 radical (unpaired) electrons. The van der Waals surface area contributed by atoms with Gasteiger partial charge in [0.15, 0.2) is 0 Å². The van der Waals surface area contributed by atoms with Gasteiger partial charge < -0.3 is 14.6 Å². The van der Waals surface area contributed by atoms with E-state index in [0.29, 0.717) is 18.8 Å². The molecule has 6 nitrogen and oxygen atoms in total. The molecular weight excluding hydrogens is 361 g/mol. The van der Waals surface area contributed by atoms with Crippen molar-refractivity contribution in [2.75, 3.05) is 20.1 Å². The highest BCUT2D eigenvalue weighted by Crippen LogP contribution is 2.21. The van der Waals surface area contributed by atoms with Crippen LogP contribution in [-0.2, 0) is 16.1 Å². The van der Waals surface area contributed by atoms with Crippen molar-refractivity contribution in [2.24, 2.45) is 0 Å². The Morgan fingerprint density at radius 2 is 2.07 bits per heavy atom. The van der Waals surface area contributed by atoms with Crippen molar-refractivity contribution in [3.8, 4) is 0 Å². The lowest BCUT2D eigenvalue weighted by atomic mass is 10.1. The minimum atomic E-state index is -0.312. The number of furan rings is 1. The summed E-state index contributed by atoms with van der Waals surface area (Å²) in [6.45, 7) is 3.14. The summed E-state index contributed by atoms with van der Waals surface area (Å²) in [5.41, 5.74) is 0.867. The van der Waals surface area contributed by atoms with Gasteiger partial charge in [-0.25, -0.2) is 4.39 Å². The summed E-state index contributed by atoms with van der Waals surface area (Å²) in [5.74, 6) is 0.241. The Bertz CT molecular complexity index is 792. The highest BCUT2D eigenvalue weighted by molar-refractivity contribution is 5.84. The lowest BCUT2D eigenvalue weighted by Gasteiger charge is -2.29. The van der Waals surface area contributed by atoms with Gasteiger partial charge >= 0.3 is 0 Å². The van der Waals surface area contributed by atoms with E-state index >= 15 is 0 Å². The van der Waals surface area contributed by atoms with Crippen LogP contribution in [-0.4, -0.2) is 47.8 Å². The SMILES string of the molecule is CC(c1ccc(F)cc1)N(C)C(=O)CN1CCCC1C(=O)NCc1ccco1. The fraction of sp³-hybridized carbons (Fsp3) is 0.429. The molecule has 1 fully saturated rings. The smallest absolute Gasteiger partial charge is 0.237 e. The van der Waals surface area contributed by atoms with E-state index in [1.807, 2.05) is 17.9 Å². The average molecular weight is 387 g/mol. The maximum absolute atomic E-state index is 13.1. The topological polar surface area (TPSA) is 65.8 Å². The van der Waals surface area contributed by atoms with Crippen molar-refractivity contribution in [3.63, 3.8) is 0 Å². The van der Waals surface area contributed by atoms with Crippen LogP contribution in [0.15, 0.2) is 47.1 Å². The van der Waals surface area contributed by atoms with E-state index < -0.39 is 0 Å². The standard InChI is InChI=1S/C21H26FN3O3/c1-15(16-7-9-17(22)10-8-16)24(2)20(26)14-25-11-3-6-19(25)21(27)23-13-18-5-4-12-28-18/h4-5,7-10,12,15,19H,3,6,11,13-14H2,1-2H3,(H,23,27). The van der Waals surface area contributed by atoms with Gasteiger partial charge in [-0.3, -0.25) is 14.5 Å². The lowest BCUT2D eigenvalue weighted by Crippen LogP contribution is -2.47. The van der Waals surface area contributed by atoms with Crippen LogP contribution < -0.4 is 5.32 Å². The van der Waals surface area contributed by atoms with E-state index in [2.05, 4.69) is 5.32 Å². The molecule has 7 heteroatoms. The zero-order valence-corrected chi connectivity index (χ0v) is 16.2. The summed E-state index contributed by atoms with van der Waals surface area (Å²) in [7, 11) is 1.73. The van der Waals surface area contributed by atoms with Gasteiger partial charge in [-0.05, 0) is 56.1 Å². The first-order chi connectivity index (χ1) is 13.5. The van der Waals surface area contributed by atoms with Gasteiger partial charge in [-0.1, -0.05) is 12.1 Å². The molecule has 1 aliphatic heterocycles. The van der Waals surface area contributed by atoms with Crippen molar-refractivity contribution in [3.05, 3.63) is 59.8 Å². The van der Waals surface area contributed by atoms with E-state index in [0.717, 1.165) is 18.4 Å². The van der Waals surface area contributed by atoms with Gasteiger partial charge in [0.1, 0.15) is 11.6 Å². The number of likely N-dealkylation sites (tertiary alicyclic amines) is 1. The number of carbonyl (C=O) groups excluding carboxylic acids is 2. The first-order valence-electron chi connectivity index (χ1n) is 9.51. The fourth-order valence-electron chi connectivity index (χ4n) is 3.48. The molecular formula is C21H26FN3O3. The van der Waals surface area contributed by atoms with Crippen LogP contribution in [0.2, 0.25) is 0 Å². The second-order valence-corrected chi connectivity index (χ2v) is 7.16. The Morgan fingerprint density at radius 3 is 2.75 bits per heavy atom. The normalized spacial score (nSPS) is 18.0. The minimum Gasteiger partial charge on any atom is -0.467 e. The number of carbonyl (C=O) groups is 2. The van der Waals surface area contributed by atoms with E-state index in [9.17, 15) is 14.0 Å². The van der Waals surface area contributed by atoms with Crippen LogP contribution in [0.25, 0.3) is 0 Å². The lowest BCUT2D eigenvalue weighted by molar-refractivity contribution is -0.134. The van der Waals surface area contributed by atoms with E-state index in [4.69, 9.17) is 4.42 Å². The first kappa shape index (κ1) is 20.1. The molecule has 2 heterocycles. The zero-order valence-electron chi connectivity index (χ0n) is 16.2. The number of halogens is 1. The molecule has 3 rings (SSSR count). The summed E-state index contributed by atoms with van der Waals surface area (Å²) in [6.07, 6.45) is 3.18. The van der Waals surface area contributed by atoms with E-state index in [1.54, 1.807) is 36.4 Å². The molecule has 2 atom stereocenters. The number of nitrogens with one attached hydrogen (secondary N) is 1. The molecule has 0 bridgehead atoms. The van der Waals surface area contributed by atoms with Gasteiger partial charge in [0.25, 0.3) is 0 Å². The predicted molar refractivity (Wildman–Crippen MR) is 103 cm³/mol.